The molecule has 19 heavy (non-hydrogen) atoms. The molecule has 7 heteroatoms. The van der Waals surface area contributed by atoms with Crippen molar-refractivity contribution in [3.05, 3.63) is 24.0 Å². The molecule has 0 spiro atoms. The molecule has 104 valence electrons. The highest BCUT2D eigenvalue weighted by atomic mass is 19.3. The van der Waals surface area contributed by atoms with Gasteiger partial charge in [0.05, 0.1) is 5.69 Å². The first-order valence-electron chi connectivity index (χ1n) is 5.88. The molecule has 1 amide bonds. The summed E-state index contributed by atoms with van der Waals surface area (Å²) in [6.45, 7) is 0. The summed E-state index contributed by atoms with van der Waals surface area (Å²) in [4.78, 5) is 14.7. The van der Waals surface area contributed by atoms with Crippen molar-refractivity contribution in [3.8, 4) is 0 Å². The lowest BCUT2D eigenvalue weighted by molar-refractivity contribution is -0.127. The summed E-state index contributed by atoms with van der Waals surface area (Å²) in [5.41, 5.74) is -0.305. The minimum Gasteiger partial charge on any atom is -0.322 e. The third kappa shape index (κ3) is 3.42. The van der Waals surface area contributed by atoms with Crippen LogP contribution in [0.25, 0.3) is 0 Å². The fraction of sp³-hybridized carbons (Fsp3) is 0.500. The smallest absolute Gasteiger partial charge is 0.248 e. The van der Waals surface area contributed by atoms with Gasteiger partial charge in [0.15, 0.2) is 0 Å². The lowest BCUT2D eigenvalue weighted by Crippen LogP contribution is -2.33. The fourth-order valence-electron chi connectivity index (χ4n) is 2.14. The van der Waals surface area contributed by atoms with Gasteiger partial charge in [-0.25, -0.2) is 8.78 Å². The summed E-state index contributed by atoms with van der Waals surface area (Å²) in [6.07, 6.45) is -0.203. The fourth-order valence-corrected chi connectivity index (χ4v) is 2.14. The van der Waals surface area contributed by atoms with Gasteiger partial charge < -0.3 is 5.32 Å². The molecule has 1 aliphatic rings. The Morgan fingerprint density at radius 1 is 1.37 bits per heavy atom. The van der Waals surface area contributed by atoms with Crippen molar-refractivity contribution < 1.29 is 22.4 Å². The van der Waals surface area contributed by atoms with Crippen molar-refractivity contribution >= 4 is 11.6 Å². The summed E-state index contributed by atoms with van der Waals surface area (Å²) in [6, 6.07) is 1.89. The van der Waals surface area contributed by atoms with E-state index in [0.29, 0.717) is 6.42 Å². The minimum absolute atomic E-state index is 0.233. The molecule has 2 rings (SSSR count). The van der Waals surface area contributed by atoms with Gasteiger partial charge in [0.25, 0.3) is 0 Å². The summed E-state index contributed by atoms with van der Waals surface area (Å²) >= 11 is 0. The van der Waals surface area contributed by atoms with Crippen LogP contribution >= 0.6 is 0 Å². The highest BCUT2D eigenvalue weighted by molar-refractivity contribution is 5.92. The first-order chi connectivity index (χ1) is 8.87. The van der Waals surface area contributed by atoms with E-state index in [1.54, 1.807) is 0 Å². The van der Waals surface area contributed by atoms with E-state index < -0.39 is 36.1 Å². The van der Waals surface area contributed by atoms with Crippen LogP contribution in [0, 0.1) is 17.8 Å². The van der Waals surface area contributed by atoms with Crippen LogP contribution in [0.15, 0.2) is 12.1 Å². The first-order valence-corrected chi connectivity index (χ1v) is 5.88. The van der Waals surface area contributed by atoms with Gasteiger partial charge in [-0.2, -0.15) is 13.8 Å². The Morgan fingerprint density at radius 2 is 2.11 bits per heavy atom. The van der Waals surface area contributed by atoms with Gasteiger partial charge >= 0.3 is 0 Å². The molecule has 0 radical (unpaired) electrons. The SMILES string of the molecule is O=C(Nc1ccc(F)nc1F)C1CCCC(F)(F)C1. The molecule has 1 aromatic rings. The van der Waals surface area contributed by atoms with Crippen molar-refractivity contribution in [2.24, 2.45) is 5.92 Å². The number of carbonyl (C=O) groups is 1. The molecule has 1 saturated carbocycles. The third-order valence-corrected chi connectivity index (χ3v) is 3.08. The standard InChI is InChI=1S/C12H12F4N2O/c13-9-4-3-8(10(14)18-9)17-11(19)7-2-1-5-12(15,16)6-7/h3-4,7H,1-2,5-6H2,(H,17,19). The van der Waals surface area contributed by atoms with Crippen molar-refractivity contribution in [1.82, 2.24) is 4.98 Å². The Hall–Kier alpha value is -1.66. The lowest BCUT2D eigenvalue weighted by Gasteiger charge is -2.27. The number of carbonyl (C=O) groups excluding carboxylic acids is 1. The molecular weight excluding hydrogens is 264 g/mol. The second kappa shape index (κ2) is 5.14. The number of pyridine rings is 1. The van der Waals surface area contributed by atoms with E-state index in [9.17, 15) is 22.4 Å². The van der Waals surface area contributed by atoms with Crippen LogP contribution in [0.2, 0.25) is 0 Å². The van der Waals surface area contributed by atoms with Crippen molar-refractivity contribution in [1.29, 1.82) is 0 Å². The number of aromatic nitrogens is 1. The summed E-state index contributed by atoms with van der Waals surface area (Å²) in [5.74, 6) is -6.60. The van der Waals surface area contributed by atoms with Crippen LogP contribution < -0.4 is 5.32 Å². The zero-order valence-electron chi connectivity index (χ0n) is 9.93. The maximum absolute atomic E-state index is 13.2. The van der Waals surface area contributed by atoms with Gasteiger partial charge in [-0.3, -0.25) is 4.79 Å². The summed E-state index contributed by atoms with van der Waals surface area (Å²) < 4.78 is 52.1. The number of amides is 1. The van der Waals surface area contributed by atoms with Gasteiger partial charge in [0.1, 0.15) is 0 Å². The summed E-state index contributed by atoms with van der Waals surface area (Å²) in [5, 5.41) is 2.17. The second-order valence-corrected chi connectivity index (χ2v) is 4.61. The minimum atomic E-state index is -2.86. The van der Waals surface area contributed by atoms with Crippen LogP contribution in [0.5, 0.6) is 0 Å². The van der Waals surface area contributed by atoms with Gasteiger partial charge in [0.2, 0.25) is 23.7 Å². The summed E-state index contributed by atoms with van der Waals surface area (Å²) in [7, 11) is 0. The molecule has 3 nitrogen and oxygen atoms in total. The number of hydrogen-bond donors (Lipinski definition) is 1. The molecule has 1 aromatic heterocycles. The average molecular weight is 276 g/mol. The molecule has 1 unspecified atom stereocenters. The van der Waals surface area contributed by atoms with Crippen molar-refractivity contribution in [2.75, 3.05) is 5.32 Å². The van der Waals surface area contributed by atoms with Gasteiger partial charge in [-0.15, -0.1) is 0 Å². The number of halogens is 4. The molecule has 0 aliphatic heterocycles. The van der Waals surface area contributed by atoms with Crippen LogP contribution in [0.1, 0.15) is 25.7 Å². The molecule has 1 atom stereocenters. The largest absolute Gasteiger partial charge is 0.322 e. The van der Waals surface area contributed by atoms with Gasteiger partial charge in [-0.05, 0) is 25.0 Å². The molecule has 0 bridgehead atoms. The Kier molecular flexibility index (Phi) is 3.73. The Bertz CT molecular complexity index is 493. The quantitative estimate of drug-likeness (QED) is 0.666. The maximum Gasteiger partial charge on any atom is 0.248 e. The second-order valence-electron chi connectivity index (χ2n) is 4.61. The number of nitrogens with one attached hydrogen (secondary N) is 1. The average Bonchev–Trinajstić information content (AvgIpc) is 2.31. The van der Waals surface area contributed by atoms with Crippen LogP contribution in [-0.4, -0.2) is 16.8 Å². The monoisotopic (exact) mass is 276 g/mol. The topological polar surface area (TPSA) is 42.0 Å². The van der Waals surface area contributed by atoms with E-state index in [-0.39, 0.29) is 18.5 Å². The molecule has 1 heterocycles. The first kappa shape index (κ1) is 13.8. The molecule has 1 N–H and O–H groups in total. The Labute approximate surface area is 107 Å². The van der Waals surface area contributed by atoms with Crippen LogP contribution in [-0.2, 0) is 4.79 Å². The van der Waals surface area contributed by atoms with Crippen molar-refractivity contribution in [3.63, 3.8) is 0 Å². The van der Waals surface area contributed by atoms with E-state index in [2.05, 4.69) is 10.3 Å². The number of hydrogen-bond acceptors (Lipinski definition) is 2. The molecule has 0 aromatic carbocycles. The highest BCUT2D eigenvalue weighted by Crippen LogP contribution is 2.37. The molecule has 1 fully saturated rings. The van der Waals surface area contributed by atoms with E-state index in [1.165, 1.54) is 0 Å². The lowest BCUT2D eigenvalue weighted by atomic mass is 9.86. The predicted octanol–water partition coefficient (Wildman–Crippen LogP) is 3.12. The molecular formula is C12H12F4N2O. The van der Waals surface area contributed by atoms with Crippen LogP contribution in [0.3, 0.4) is 0 Å². The Balaban J connectivity index is 2.04. The third-order valence-electron chi connectivity index (χ3n) is 3.08. The van der Waals surface area contributed by atoms with E-state index in [4.69, 9.17) is 0 Å². The molecule has 1 aliphatic carbocycles. The zero-order valence-corrected chi connectivity index (χ0v) is 9.93. The number of anilines is 1. The highest BCUT2D eigenvalue weighted by Gasteiger charge is 2.39. The zero-order chi connectivity index (χ0) is 14.0. The van der Waals surface area contributed by atoms with E-state index >= 15 is 0 Å². The van der Waals surface area contributed by atoms with E-state index in [1.807, 2.05) is 0 Å². The molecule has 0 saturated heterocycles. The number of nitrogens with zero attached hydrogens (tertiary/aromatic N) is 1. The van der Waals surface area contributed by atoms with E-state index in [0.717, 1.165) is 12.1 Å². The number of alkyl halides is 2. The van der Waals surface area contributed by atoms with Gasteiger partial charge in [-0.1, -0.05) is 0 Å². The predicted molar refractivity (Wildman–Crippen MR) is 59.7 cm³/mol. The number of rotatable bonds is 2. The maximum atomic E-state index is 13.2. The Morgan fingerprint density at radius 3 is 2.74 bits per heavy atom. The van der Waals surface area contributed by atoms with Crippen molar-refractivity contribution in [2.45, 2.75) is 31.6 Å². The van der Waals surface area contributed by atoms with Crippen LogP contribution in [0.4, 0.5) is 23.2 Å². The normalized spacial score (nSPS) is 22.0. The van der Waals surface area contributed by atoms with Gasteiger partial charge in [0, 0.05) is 18.8 Å².